The molecular weight excluding hydrogens is 789 g/mol. The first-order valence-electron chi connectivity index (χ1n) is 31.3. The zero-order valence-corrected chi connectivity index (χ0v) is 44.8. The lowest BCUT2D eigenvalue weighted by molar-refractivity contribution is 0.133. The standard InChI is InChI=1S/C61H120N4/c1-2-3-44-59(63-53-35-26-18-10-5-11-19-27-36-54-63)46-42-48-61(65-57-39-30-22-14-7-15-23-31-40-58-65)49-43-47-60(64-55-37-28-20-12-6-13-21-29-38-56-64)45-32-41-52-62-50-33-24-16-8-4-9-17-25-34-51-62/h59-61H,2-58H2,1H3. The Balaban J connectivity index is 1.43. The zero-order valence-electron chi connectivity index (χ0n) is 44.8. The normalized spacial score (nSPS) is 24.5. The van der Waals surface area contributed by atoms with Gasteiger partial charge in [-0.15, -0.1) is 0 Å². The second-order valence-corrected chi connectivity index (χ2v) is 23.1. The van der Waals surface area contributed by atoms with Crippen LogP contribution in [0.2, 0.25) is 0 Å². The summed E-state index contributed by atoms with van der Waals surface area (Å²) in [5.41, 5.74) is 0. The number of rotatable bonds is 19. The topological polar surface area (TPSA) is 13.0 Å². The van der Waals surface area contributed by atoms with Crippen LogP contribution in [0, 0.1) is 0 Å². The fourth-order valence-electron chi connectivity index (χ4n) is 13.1. The molecule has 0 aliphatic carbocycles. The molecule has 4 nitrogen and oxygen atoms in total. The number of hydrogen-bond acceptors (Lipinski definition) is 4. The molecule has 0 radical (unpaired) electrons. The van der Waals surface area contributed by atoms with Crippen LogP contribution in [-0.2, 0) is 0 Å². The van der Waals surface area contributed by atoms with Crippen LogP contribution < -0.4 is 0 Å². The summed E-state index contributed by atoms with van der Waals surface area (Å²) in [6.07, 6.45) is 70.1. The molecule has 0 spiro atoms. The third kappa shape index (κ3) is 29.6. The SMILES string of the molecule is CCCCC(CCCC(CCCC(CCCCN1CCCCCCCCCCC1)N1CCCCCCCCCCC1)N1CCCCCCCCCCC1)N1CCCCCCCCCCC1. The summed E-state index contributed by atoms with van der Waals surface area (Å²) in [6.45, 7) is 14.8. The van der Waals surface area contributed by atoms with Gasteiger partial charge in [-0.25, -0.2) is 0 Å². The van der Waals surface area contributed by atoms with Crippen molar-refractivity contribution in [1.29, 1.82) is 0 Å². The molecule has 384 valence electrons. The maximum atomic E-state index is 3.11. The van der Waals surface area contributed by atoms with Crippen molar-refractivity contribution in [1.82, 2.24) is 19.6 Å². The minimum Gasteiger partial charge on any atom is -0.303 e. The fourth-order valence-corrected chi connectivity index (χ4v) is 13.1. The molecule has 4 heteroatoms. The monoisotopic (exact) mass is 909 g/mol. The van der Waals surface area contributed by atoms with Crippen molar-refractivity contribution in [3.8, 4) is 0 Å². The maximum absolute atomic E-state index is 3.11. The van der Waals surface area contributed by atoms with Crippen molar-refractivity contribution in [2.45, 2.75) is 333 Å². The summed E-state index contributed by atoms with van der Waals surface area (Å²) in [5, 5.41) is 0. The highest BCUT2D eigenvalue weighted by Gasteiger charge is 2.24. The molecule has 4 saturated heterocycles. The highest BCUT2D eigenvalue weighted by molar-refractivity contribution is 4.80. The van der Waals surface area contributed by atoms with Gasteiger partial charge < -0.3 is 19.6 Å². The van der Waals surface area contributed by atoms with E-state index in [9.17, 15) is 0 Å². The van der Waals surface area contributed by atoms with Gasteiger partial charge in [0.15, 0.2) is 0 Å². The smallest absolute Gasteiger partial charge is 0.00952 e. The average Bonchev–Trinajstić information content (AvgIpc) is 3.29. The Labute approximate surface area is 410 Å². The van der Waals surface area contributed by atoms with E-state index in [4.69, 9.17) is 0 Å². The molecule has 0 aromatic heterocycles. The van der Waals surface area contributed by atoms with Gasteiger partial charge in [-0.1, -0.05) is 219 Å². The van der Waals surface area contributed by atoms with E-state index in [1.54, 1.807) is 0 Å². The Morgan fingerprint density at radius 2 is 0.446 bits per heavy atom. The second kappa shape index (κ2) is 41.6. The van der Waals surface area contributed by atoms with Crippen molar-refractivity contribution >= 4 is 0 Å². The van der Waals surface area contributed by atoms with Crippen molar-refractivity contribution in [3.63, 3.8) is 0 Å². The van der Waals surface area contributed by atoms with Gasteiger partial charge in [-0.3, -0.25) is 0 Å². The van der Waals surface area contributed by atoms with Gasteiger partial charge in [-0.2, -0.15) is 0 Å². The van der Waals surface area contributed by atoms with Crippen LogP contribution in [0.5, 0.6) is 0 Å². The van der Waals surface area contributed by atoms with Crippen LogP contribution in [-0.4, -0.2) is 96.6 Å². The highest BCUT2D eigenvalue weighted by atomic mass is 15.2. The lowest BCUT2D eigenvalue weighted by Gasteiger charge is -2.36. The summed E-state index contributed by atoms with van der Waals surface area (Å²) in [4.78, 5) is 12.2. The molecule has 4 heterocycles. The van der Waals surface area contributed by atoms with E-state index in [1.807, 2.05) is 0 Å². The van der Waals surface area contributed by atoms with E-state index < -0.39 is 0 Å². The lowest BCUT2D eigenvalue weighted by atomic mass is 9.93. The summed E-state index contributed by atoms with van der Waals surface area (Å²) in [7, 11) is 0. The zero-order chi connectivity index (χ0) is 45.3. The Kier molecular flexibility index (Phi) is 36.8. The predicted molar refractivity (Wildman–Crippen MR) is 290 cm³/mol. The molecule has 0 N–H and O–H groups in total. The molecule has 0 bridgehead atoms. The van der Waals surface area contributed by atoms with Crippen LogP contribution in [0.4, 0.5) is 0 Å². The molecule has 0 aromatic carbocycles. The largest absolute Gasteiger partial charge is 0.303 e. The first-order valence-corrected chi connectivity index (χ1v) is 31.3. The van der Waals surface area contributed by atoms with Gasteiger partial charge in [0.2, 0.25) is 0 Å². The molecule has 0 amide bonds. The van der Waals surface area contributed by atoms with E-state index in [0.29, 0.717) is 0 Å². The maximum Gasteiger partial charge on any atom is 0.00952 e. The van der Waals surface area contributed by atoms with E-state index in [1.165, 1.54) is 367 Å². The number of nitrogens with zero attached hydrogens (tertiary/aromatic N) is 4. The average molecular weight is 910 g/mol. The molecule has 4 aliphatic rings. The first-order chi connectivity index (χ1) is 32.3. The van der Waals surface area contributed by atoms with E-state index in [2.05, 4.69) is 26.5 Å². The molecule has 4 rings (SSSR count). The predicted octanol–water partition coefficient (Wildman–Crippen LogP) is 18.1. The van der Waals surface area contributed by atoms with Gasteiger partial charge in [0.1, 0.15) is 0 Å². The van der Waals surface area contributed by atoms with Crippen molar-refractivity contribution in [2.75, 3.05) is 58.9 Å². The molecular formula is C61H120N4. The quantitative estimate of drug-likeness (QED) is 0.120. The molecule has 4 fully saturated rings. The van der Waals surface area contributed by atoms with Gasteiger partial charge in [0, 0.05) is 18.1 Å². The van der Waals surface area contributed by atoms with Crippen LogP contribution in [0.3, 0.4) is 0 Å². The van der Waals surface area contributed by atoms with Crippen LogP contribution >= 0.6 is 0 Å². The summed E-state index contributed by atoms with van der Waals surface area (Å²) < 4.78 is 0. The van der Waals surface area contributed by atoms with Gasteiger partial charge in [-0.05, 0) is 155 Å². The lowest BCUT2D eigenvalue weighted by Crippen LogP contribution is -2.40. The molecule has 0 saturated carbocycles. The van der Waals surface area contributed by atoms with Crippen LogP contribution in [0.1, 0.15) is 315 Å². The fraction of sp³-hybridized carbons (Fsp3) is 1.00. The van der Waals surface area contributed by atoms with Crippen molar-refractivity contribution in [2.24, 2.45) is 0 Å². The molecule has 65 heavy (non-hydrogen) atoms. The Hall–Kier alpha value is -0.160. The highest BCUT2D eigenvalue weighted by Crippen LogP contribution is 2.27. The summed E-state index contributed by atoms with van der Waals surface area (Å²) >= 11 is 0. The number of unbranched alkanes of at least 4 members (excludes halogenated alkanes) is 2. The minimum atomic E-state index is 0.803. The van der Waals surface area contributed by atoms with E-state index in [-0.39, 0.29) is 0 Å². The molecule has 3 atom stereocenters. The summed E-state index contributed by atoms with van der Waals surface area (Å²) in [6, 6.07) is 2.44. The Morgan fingerprint density at radius 1 is 0.231 bits per heavy atom. The van der Waals surface area contributed by atoms with E-state index in [0.717, 1.165) is 18.1 Å². The minimum absolute atomic E-state index is 0.803. The van der Waals surface area contributed by atoms with Gasteiger partial charge in [0.05, 0.1) is 0 Å². The molecule has 3 unspecified atom stereocenters. The molecule has 4 aliphatic heterocycles. The Morgan fingerprint density at radius 3 is 0.708 bits per heavy atom. The van der Waals surface area contributed by atoms with Crippen molar-refractivity contribution < 1.29 is 0 Å². The van der Waals surface area contributed by atoms with Gasteiger partial charge in [0.25, 0.3) is 0 Å². The molecule has 0 aromatic rings. The summed E-state index contributed by atoms with van der Waals surface area (Å²) in [5.74, 6) is 0. The van der Waals surface area contributed by atoms with Crippen LogP contribution in [0.25, 0.3) is 0 Å². The number of hydrogen-bond donors (Lipinski definition) is 0. The van der Waals surface area contributed by atoms with Crippen LogP contribution in [0.15, 0.2) is 0 Å². The Bertz CT molecular complexity index is 954. The second-order valence-electron chi connectivity index (χ2n) is 23.1. The third-order valence-corrected chi connectivity index (χ3v) is 17.5. The van der Waals surface area contributed by atoms with Gasteiger partial charge >= 0.3 is 0 Å². The third-order valence-electron chi connectivity index (χ3n) is 17.5. The van der Waals surface area contributed by atoms with Crippen molar-refractivity contribution in [3.05, 3.63) is 0 Å². The first kappa shape index (κ1) is 57.4. The van der Waals surface area contributed by atoms with E-state index >= 15 is 0 Å².